The van der Waals surface area contributed by atoms with Gasteiger partial charge in [-0.25, -0.2) is 15.0 Å². The molecule has 0 N–H and O–H groups in total. The Labute approximate surface area is 519 Å². The lowest BCUT2D eigenvalue weighted by Gasteiger charge is -2.23. The van der Waals surface area contributed by atoms with Gasteiger partial charge >= 0.3 is 0 Å². The number of benzene rings is 8. The minimum Gasteiger partial charge on any atom is -0.299 e. The van der Waals surface area contributed by atoms with Gasteiger partial charge in [0.25, 0.3) is 0 Å². The molecule has 6 heteroatoms. The van der Waals surface area contributed by atoms with Gasteiger partial charge in [0.2, 0.25) is 0 Å². The molecular weight excluding hydrogens is 1060 g/mol. The number of imidazole rings is 3. The van der Waals surface area contributed by atoms with Gasteiger partial charge in [-0.2, -0.15) is 0 Å². The highest BCUT2D eigenvalue weighted by molar-refractivity contribution is 5.72. The number of aromatic nitrogens is 6. The Kier molecular flexibility index (Phi) is 18.3. The molecule has 0 aliphatic heterocycles. The van der Waals surface area contributed by atoms with Crippen LogP contribution in [-0.4, -0.2) is 28.7 Å². The maximum Gasteiger partial charge on any atom is 0.144 e. The summed E-state index contributed by atoms with van der Waals surface area (Å²) < 4.78 is 6.96. The van der Waals surface area contributed by atoms with Gasteiger partial charge in [0, 0.05) is 53.9 Å². The van der Waals surface area contributed by atoms with Crippen LogP contribution in [0.5, 0.6) is 0 Å². The Morgan fingerprint density at radius 1 is 0.253 bits per heavy atom. The van der Waals surface area contributed by atoms with Crippen molar-refractivity contribution in [1.82, 2.24) is 28.7 Å². The van der Waals surface area contributed by atoms with Crippen molar-refractivity contribution in [2.24, 2.45) is 0 Å². The molecule has 0 unspecified atom stereocenters. The average Bonchev–Trinajstić information content (AvgIpc) is 2.26. The summed E-state index contributed by atoms with van der Waals surface area (Å²) in [5.41, 5.74) is 25.9. The molecule has 3 aromatic heterocycles. The Morgan fingerprint density at radius 3 is 0.816 bits per heavy atom. The van der Waals surface area contributed by atoms with E-state index in [0.717, 1.165) is 72.7 Å². The van der Waals surface area contributed by atoms with Crippen molar-refractivity contribution >= 4 is 0 Å². The number of hydrogen-bond donors (Lipinski definition) is 0. The fraction of sp³-hybridized carbons (Fsp3) is 0.296. The van der Waals surface area contributed by atoms with Crippen molar-refractivity contribution in [3.05, 3.63) is 274 Å². The molecule has 8 aromatic carbocycles. The molecule has 0 saturated heterocycles. The molecule has 87 heavy (non-hydrogen) atoms. The molecule has 0 spiro atoms. The summed E-state index contributed by atoms with van der Waals surface area (Å²) >= 11 is 0. The molecule has 0 saturated carbocycles. The average molecular weight is 1150 g/mol. The normalized spacial score (nSPS) is 11.9. The zero-order chi connectivity index (χ0) is 60.9. The number of para-hydroxylation sites is 2. The second kappa shape index (κ2) is 26.6. The van der Waals surface area contributed by atoms with Gasteiger partial charge in [0.15, 0.2) is 0 Å². The van der Waals surface area contributed by atoms with Crippen LogP contribution in [0.25, 0.3) is 62.4 Å². The molecule has 6 nitrogen and oxygen atoms in total. The van der Waals surface area contributed by atoms with Crippen LogP contribution >= 0.6 is 0 Å². The van der Waals surface area contributed by atoms with E-state index in [1.807, 2.05) is 18.6 Å². The molecule has 3 heterocycles. The topological polar surface area (TPSA) is 53.5 Å². The Balaban J connectivity index is 0.842. The van der Waals surface area contributed by atoms with Crippen LogP contribution in [-0.2, 0) is 38.5 Å². The summed E-state index contributed by atoms with van der Waals surface area (Å²) in [5, 5.41) is 0. The molecule has 0 fully saturated rings. The van der Waals surface area contributed by atoms with E-state index >= 15 is 0 Å². The molecule has 0 amide bonds. The third-order valence-electron chi connectivity index (χ3n) is 17.7. The molecule has 0 aliphatic carbocycles. The molecule has 11 aromatic rings. The summed E-state index contributed by atoms with van der Waals surface area (Å²) in [5.74, 6) is 5.15. The Morgan fingerprint density at radius 2 is 0.529 bits per heavy atom. The van der Waals surface area contributed by atoms with Crippen LogP contribution in [0.3, 0.4) is 0 Å². The van der Waals surface area contributed by atoms with Crippen molar-refractivity contribution in [3.63, 3.8) is 0 Å². The van der Waals surface area contributed by atoms with E-state index in [4.69, 9.17) is 15.0 Å². The van der Waals surface area contributed by atoms with E-state index in [2.05, 4.69) is 285 Å². The zero-order valence-electron chi connectivity index (χ0n) is 53.5. The standard InChI is InChI=1S/C81H88N6/c1-53(2)70-20-16-21-71(54(3)4)76(70)85-45-42-82-79(85)66-36-30-59(31-37-66)24-27-62-48-63(28-25-60-32-38-67(39-33-60)80-83-43-46-86(80)77-72(55(5)6)22-17-23-73(77)56(7)8)50-64(49-62)29-26-61-34-40-68(41-35-61)81-84-44-47-87(81)78-74(57(9)10)51-69(52-75(78)58(11)12)65-18-14-13-15-19-65/h13-23,30-58H,24-29H2,1-12H3. The van der Waals surface area contributed by atoms with Crippen molar-refractivity contribution < 1.29 is 0 Å². The van der Waals surface area contributed by atoms with E-state index in [1.165, 1.54) is 95.0 Å². The summed E-state index contributed by atoms with van der Waals surface area (Å²) in [4.78, 5) is 14.9. The van der Waals surface area contributed by atoms with Crippen LogP contribution < -0.4 is 0 Å². The van der Waals surface area contributed by atoms with Crippen LogP contribution in [0.15, 0.2) is 207 Å². The van der Waals surface area contributed by atoms with Gasteiger partial charge in [0.05, 0.1) is 17.1 Å². The van der Waals surface area contributed by atoms with Gasteiger partial charge in [-0.3, -0.25) is 13.7 Å². The second-order valence-corrected chi connectivity index (χ2v) is 26.0. The van der Waals surface area contributed by atoms with E-state index in [-0.39, 0.29) is 0 Å². The SMILES string of the molecule is CC(C)c1cccc(C(C)C)c1-n1ccnc1-c1ccc(CCc2cc(CCc3ccc(-c4nccn4-c4c(C(C)C)cccc4C(C)C)cc3)cc(CCc3ccc(-c4nccn4-c4c(C(C)C)cc(-c5ccccc5)cc4C(C)C)cc3)c2)cc1. The molecule has 0 bridgehead atoms. The van der Waals surface area contributed by atoms with Crippen molar-refractivity contribution in [1.29, 1.82) is 0 Å². The second-order valence-electron chi connectivity index (χ2n) is 26.0. The van der Waals surface area contributed by atoms with Gasteiger partial charge in [-0.1, -0.05) is 241 Å². The highest BCUT2D eigenvalue weighted by Crippen LogP contribution is 2.40. The Bertz CT molecular complexity index is 3840. The molecule has 11 rings (SSSR count). The maximum atomic E-state index is 5.01. The number of rotatable bonds is 22. The number of hydrogen-bond acceptors (Lipinski definition) is 3. The fourth-order valence-corrected chi connectivity index (χ4v) is 12.9. The summed E-state index contributed by atoms with van der Waals surface area (Å²) in [6, 6.07) is 64.0. The maximum absolute atomic E-state index is 5.01. The van der Waals surface area contributed by atoms with Gasteiger partial charge in [0.1, 0.15) is 17.5 Å². The van der Waals surface area contributed by atoms with Crippen LogP contribution in [0.4, 0.5) is 0 Å². The van der Waals surface area contributed by atoms with Crippen LogP contribution in [0.2, 0.25) is 0 Å². The van der Waals surface area contributed by atoms with E-state index in [9.17, 15) is 0 Å². The number of aryl methyl sites for hydroxylation is 6. The molecule has 0 radical (unpaired) electrons. The van der Waals surface area contributed by atoms with Crippen LogP contribution in [0, 0.1) is 0 Å². The molecular formula is C81H88N6. The fourth-order valence-electron chi connectivity index (χ4n) is 12.9. The third kappa shape index (κ3) is 13.2. The highest BCUT2D eigenvalue weighted by Gasteiger charge is 2.23. The van der Waals surface area contributed by atoms with Gasteiger partial charge < -0.3 is 0 Å². The summed E-state index contributed by atoms with van der Waals surface area (Å²) in [6.07, 6.45) is 18.0. The first-order chi connectivity index (χ1) is 42.1. The Hall–Kier alpha value is -8.61. The van der Waals surface area contributed by atoms with E-state index in [0.29, 0.717) is 35.5 Å². The molecule has 442 valence electrons. The van der Waals surface area contributed by atoms with Crippen molar-refractivity contribution in [3.8, 4) is 62.4 Å². The minimum absolute atomic E-state index is 0.328. The largest absolute Gasteiger partial charge is 0.299 e. The number of nitrogens with zero attached hydrogens (tertiary/aromatic N) is 6. The lowest BCUT2D eigenvalue weighted by Crippen LogP contribution is -2.08. The highest BCUT2D eigenvalue weighted by atomic mass is 15.1. The zero-order valence-corrected chi connectivity index (χ0v) is 53.5. The summed E-state index contributed by atoms with van der Waals surface area (Å²) in [7, 11) is 0. The molecule has 0 aliphatic rings. The first-order valence-electron chi connectivity index (χ1n) is 32.1. The minimum atomic E-state index is 0.328. The first-order valence-corrected chi connectivity index (χ1v) is 32.1. The predicted molar refractivity (Wildman–Crippen MR) is 366 cm³/mol. The first kappa shape index (κ1) is 60.1. The van der Waals surface area contributed by atoms with Crippen LogP contribution in [0.1, 0.15) is 185 Å². The lowest BCUT2D eigenvalue weighted by molar-refractivity contribution is 0.806. The summed E-state index contributed by atoms with van der Waals surface area (Å²) in [6.45, 7) is 27.5. The van der Waals surface area contributed by atoms with E-state index in [1.54, 1.807) is 0 Å². The van der Waals surface area contributed by atoms with Gasteiger partial charge in [-0.05, 0) is 164 Å². The smallest absolute Gasteiger partial charge is 0.144 e. The van der Waals surface area contributed by atoms with Crippen molar-refractivity contribution in [2.75, 3.05) is 0 Å². The van der Waals surface area contributed by atoms with Gasteiger partial charge in [-0.15, -0.1) is 0 Å². The molecule has 0 atom stereocenters. The predicted octanol–water partition coefficient (Wildman–Crippen LogP) is 21.0. The third-order valence-corrected chi connectivity index (χ3v) is 17.7. The quantitative estimate of drug-likeness (QED) is 0.0679. The van der Waals surface area contributed by atoms with E-state index < -0.39 is 0 Å². The lowest BCUT2D eigenvalue weighted by atomic mass is 9.88. The monoisotopic (exact) mass is 1140 g/mol. The van der Waals surface area contributed by atoms with Crippen molar-refractivity contribution in [2.45, 2.75) is 157 Å².